The maximum atomic E-state index is 9.98. The molecule has 0 atom stereocenters. The summed E-state index contributed by atoms with van der Waals surface area (Å²) in [4.78, 5) is 0. The third kappa shape index (κ3) is 3.85. The third-order valence-corrected chi connectivity index (χ3v) is 3.67. The molecule has 0 saturated heterocycles. The average molecular weight is 302 g/mol. The van der Waals surface area contributed by atoms with E-state index in [2.05, 4.69) is 0 Å². The highest BCUT2D eigenvalue weighted by Crippen LogP contribution is 2.28. The molecule has 0 radical (unpaired) electrons. The van der Waals surface area contributed by atoms with E-state index in [9.17, 15) is 5.11 Å². The van der Waals surface area contributed by atoms with Gasteiger partial charge in [0.05, 0.1) is 21.3 Å². The normalized spacial score (nSPS) is 10.3. The monoisotopic (exact) mass is 302 g/mol. The first-order valence-electron chi connectivity index (χ1n) is 7.24. The van der Waals surface area contributed by atoms with Gasteiger partial charge in [0, 0.05) is 6.07 Å². The smallest absolute Gasteiger partial charge is 0.122 e. The predicted octanol–water partition coefficient (Wildman–Crippen LogP) is 3.59. The van der Waals surface area contributed by atoms with Gasteiger partial charge in [-0.3, -0.25) is 0 Å². The largest absolute Gasteiger partial charge is 0.508 e. The maximum absolute atomic E-state index is 9.98. The molecular formula is C18H22O4. The van der Waals surface area contributed by atoms with Gasteiger partial charge in [0.2, 0.25) is 0 Å². The van der Waals surface area contributed by atoms with E-state index in [1.165, 1.54) is 0 Å². The molecule has 4 heteroatoms. The molecule has 0 aliphatic heterocycles. The molecule has 0 aliphatic carbocycles. The summed E-state index contributed by atoms with van der Waals surface area (Å²) in [5, 5.41) is 9.98. The Morgan fingerprint density at radius 2 is 1.41 bits per heavy atom. The van der Waals surface area contributed by atoms with Crippen molar-refractivity contribution in [2.75, 3.05) is 21.3 Å². The molecule has 4 nitrogen and oxygen atoms in total. The van der Waals surface area contributed by atoms with Crippen LogP contribution in [0.1, 0.15) is 17.5 Å². The number of hydrogen-bond acceptors (Lipinski definition) is 4. The highest BCUT2D eigenvalue weighted by atomic mass is 16.5. The van der Waals surface area contributed by atoms with Crippen molar-refractivity contribution in [3.8, 4) is 23.0 Å². The number of phenols is 1. The summed E-state index contributed by atoms with van der Waals surface area (Å²) in [5.41, 5.74) is 2.03. The Bertz CT molecular complexity index is 622. The van der Waals surface area contributed by atoms with Crippen molar-refractivity contribution in [3.63, 3.8) is 0 Å². The maximum Gasteiger partial charge on any atom is 0.122 e. The second-order valence-electron chi connectivity index (χ2n) is 5.03. The Morgan fingerprint density at radius 3 is 2.05 bits per heavy atom. The number of hydrogen-bond donors (Lipinski definition) is 1. The zero-order valence-electron chi connectivity index (χ0n) is 13.3. The van der Waals surface area contributed by atoms with E-state index in [0.29, 0.717) is 5.75 Å². The van der Waals surface area contributed by atoms with Gasteiger partial charge in [0.15, 0.2) is 0 Å². The zero-order chi connectivity index (χ0) is 15.9. The number of benzene rings is 2. The van der Waals surface area contributed by atoms with Gasteiger partial charge in [-0.15, -0.1) is 0 Å². The summed E-state index contributed by atoms with van der Waals surface area (Å²) in [7, 11) is 4.91. The van der Waals surface area contributed by atoms with E-state index in [-0.39, 0.29) is 5.75 Å². The van der Waals surface area contributed by atoms with Crippen LogP contribution in [0.3, 0.4) is 0 Å². The number of aryl methyl sites for hydroxylation is 2. The second-order valence-corrected chi connectivity index (χ2v) is 5.03. The van der Waals surface area contributed by atoms with E-state index >= 15 is 0 Å². The van der Waals surface area contributed by atoms with E-state index in [1.54, 1.807) is 27.4 Å². The fourth-order valence-corrected chi connectivity index (χ4v) is 2.43. The van der Waals surface area contributed by atoms with Crippen LogP contribution in [0.25, 0.3) is 0 Å². The summed E-state index contributed by atoms with van der Waals surface area (Å²) in [6.07, 6.45) is 2.55. The van der Waals surface area contributed by atoms with Crippen LogP contribution in [0.4, 0.5) is 0 Å². The van der Waals surface area contributed by atoms with Gasteiger partial charge in [-0.25, -0.2) is 0 Å². The number of ether oxygens (including phenoxy) is 3. The van der Waals surface area contributed by atoms with Gasteiger partial charge in [0.25, 0.3) is 0 Å². The van der Waals surface area contributed by atoms with E-state index in [0.717, 1.165) is 41.9 Å². The van der Waals surface area contributed by atoms with Gasteiger partial charge in [-0.05, 0) is 54.7 Å². The summed E-state index contributed by atoms with van der Waals surface area (Å²) in [5.74, 6) is 2.62. The highest BCUT2D eigenvalue weighted by molar-refractivity contribution is 5.41. The lowest BCUT2D eigenvalue weighted by atomic mass is 10.0. The van der Waals surface area contributed by atoms with Crippen molar-refractivity contribution >= 4 is 0 Å². The third-order valence-electron chi connectivity index (χ3n) is 3.67. The van der Waals surface area contributed by atoms with Crippen molar-refractivity contribution in [1.29, 1.82) is 0 Å². The number of methoxy groups -OCH3 is 3. The predicted molar refractivity (Wildman–Crippen MR) is 86.2 cm³/mol. The van der Waals surface area contributed by atoms with Crippen LogP contribution < -0.4 is 14.2 Å². The lowest BCUT2D eigenvalue weighted by Gasteiger charge is -2.11. The van der Waals surface area contributed by atoms with E-state index in [4.69, 9.17) is 14.2 Å². The molecule has 0 saturated carbocycles. The van der Waals surface area contributed by atoms with Crippen LogP contribution in [0.2, 0.25) is 0 Å². The first kappa shape index (κ1) is 16.0. The first-order chi connectivity index (χ1) is 10.7. The van der Waals surface area contributed by atoms with Crippen molar-refractivity contribution in [2.24, 2.45) is 0 Å². The van der Waals surface area contributed by atoms with Gasteiger partial charge in [-0.1, -0.05) is 6.07 Å². The van der Waals surface area contributed by atoms with Crippen molar-refractivity contribution in [3.05, 3.63) is 47.5 Å². The van der Waals surface area contributed by atoms with Gasteiger partial charge in [0.1, 0.15) is 23.0 Å². The quantitative estimate of drug-likeness (QED) is 0.849. The van der Waals surface area contributed by atoms with Crippen LogP contribution in [-0.4, -0.2) is 26.4 Å². The first-order valence-corrected chi connectivity index (χ1v) is 7.24. The molecule has 2 rings (SSSR count). The fraction of sp³-hybridized carbons (Fsp3) is 0.333. The highest BCUT2D eigenvalue weighted by Gasteiger charge is 2.07. The van der Waals surface area contributed by atoms with Gasteiger partial charge in [-0.2, -0.15) is 0 Å². The summed E-state index contributed by atoms with van der Waals surface area (Å²) in [6.45, 7) is 0. The summed E-state index contributed by atoms with van der Waals surface area (Å²) in [6, 6.07) is 11.2. The van der Waals surface area contributed by atoms with Crippen LogP contribution >= 0.6 is 0 Å². The number of rotatable bonds is 7. The minimum Gasteiger partial charge on any atom is -0.508 e. The lowest BCUT2D eigenvalue weighted by molar-refractivity contribution is 0.398. The minimum absolute atomic E-state index is 0.275. The van der Waals surface area contributed by atoms with Crippen LogP contribution in [-0.2, 0) is 12.8 Å². The molecule has 2 aromatic carbocycles. The van der Waals surface area contributed by atoms with Crippen LogP contribution in [0.5, 0.6) is 23.0 Å². The molecular weight excluding hydrogens is 280 g/mol. The van der Waals surface area contributed by atoms with E-state index < -0.39 is 0 Å². The second kappa shape index (κ2) is 7.59. The summed E-state index contributed by atoms with van der Waals surface area (Å²) >= 11 is 0. The van der Waals surface area contributed by atoms with Crippen molar-refractivity contribution in [1.82, 2.24) is 0 Å². The molecule has 118 valence electrons. The molecule has 0 unspecified atom stereocenters. The SMILES string of the molecule is COc1ccc(CCCc2cc(OC)ccc2OC)c(O)c1. The number of phenolic OH excluding ortho intramolecular Hbond substituents is 1. The standard InChI is InChI=1S/C18H22O4/c1-20-15-9-10-18(22-3)14(11-15)6-4-5-13-7-8-16(21-2)12-17(13)19/h7-12,19H,4-6H2,1-3H3. The number of aromatic hydroxyl groups is 1. The molecule has 1 N–H and O–H groups in total. The van der Waals surface area contributed by atoms with Crippen molar-refractivity contribution in [2.45, 2.75) is 19.3 Å². The lowest BCUT2D eigenvalue weighted by Crippen LogP contribution is -1.96. The molecule has 0 heterocycles. The minimum atomic E-state index is 0.275. The molecule has 0 amide bonds. The Balaban J connectivity index is 2.01. The Kier molecular flexibility index (Phi) is 5.53. The van der Waals surface area contributed by atoms with Gasteiger partial charge >= 0.3 is 0 Å². The topological polar surface area (TPSA) is 47.9 Å². The van der Waals surface area contributed by atoms with E-state index in [1.807, 2.05) is 30.3 Å². The Hall–Kier alpha value is -2.36. The zero-order valence-corrected chi connectivity index (χ0v) is 13.3. The van der Waals surface area contributed by atoms with Gasteiger partial charge < -0.3 is 19.3 Å². The average Bonchev–Trinajstić information content (AvgIpc) is 2.56. The molecule has 0 aliphatic rings. The summed E-state index contributed by atoms with van der Waals surface area (Å²) < 4.78 is 15.7. The molecule has 0 bridgehead atoms. The van der Waals surface area contributed by atoms with Crippen molar-refractivity contribution < 1.29 is 19.3 Å². The Morgan fingerprint density at radius 1 is 0.773 bits per heavy atom. The fourth-order valence-electron chi connectivity index (χ4n) is 2.43. The van der Waals surface area contributed by atoms with Crippen LogP contribution in [0.15, 0.2) is 36.4 Å². The molecule has 22 heavy (non-hydrogen) atoms. The molecule has 0 fully saturated rings. The molecule has 2 aromatic rings. The molecule has 0 aromatic heterocycles. The Labute approximate surface area is 131 Å². The molecule has 0 spiro atoms. The van der Waals surface area contributed by atoms with Crippen LogP contribution in [0, 0.1) is 0 Å².